The molecule has 0 aromatic carbocycles. The van der Waals surface area contributed by atoms with Gasteiger partial charge < -0.3 is 29.5 Å². The molecule has 3 unspecified atom stereocenters. The molecule has 2 rings (SSSR count). The van der Waals surface area contributed by atoms with E-state index in [1.165, 1.54) is 17.2 Å². The summed E-state index contributed by atoms with van der Waals surface area (Å²) in [5, 5.41) is 29.0. The van der Waals surface area contributed by atoms with Gasteiger partial charge in [-0.3, -0.25) is 9.13 Å². The lowest BCUT2D eigenvalue weighted by atomic mass is 10.1. The van der Waals surface area contributed by atoms with E-state index in [2.05, 4.69) is 15.0 Å². The normalized spacial score (nSPS) is 18.0. The second-order valence-corrected chi connectivity index (χ2v) is 9.21. The van der Waals surface area contributed by atoms with Crippen molar-refractivity contribution < 1.29 is 34.0 Å². The van der Waals surface area contributed by atoms with Crippen LogP contribution < -0.4 is 0 Å². The number of aliphatic hydroxyl groups excluding tert-OH is 3. The molecular weight excluding hydrogens is 415 g/mol. The number of fused-ring (bicyclic) bond motifs is 1. The minimum atomic E-state index is -4.20. The molecule has 158 valence electrons. The number of hydrogen-bond acceptors (Lipinski definition) is 9. The summed E-state index contributed by atoms with van der Waals surface area (Å²) in [5.41, 5.74) is -0.481. The number of nitrogens with zero attached hydrogens (tertiary/aromatic N) is 4. The molecule has 4 atom stereocenters. The van der Waals surface area contributed by atoms with Crippen LogP contribution in [0.2, 0.25) is 5.15 Å². The minimum absolute atomic E-state index is 0.00692. The van der Waals surface area contributed by atoms with E-state index in [1.54, 1.807) is 13.8 Å². The molecule has 0 aliphatic heterocycles. The van der Waals surface area contributed by atoms with Crippen LogP contribution in [0, 0.1) is 0 Å². The molecule has 2 aromatic heterocycles. The number of ether oxygens (including phenoxy) is 1. The van der Waals surface area contributed by atoms with Crippen molar-refractivity contribution in [2.45, 2.75) is 51.0 Å². The van der Waals surface area contributed by atoms with Crippen LogP contribution in [-0.2, 0) is 13.8 Å². The van der Waals surface area contributed by atoms with Crippen molar-refractivity contribution >= 4 is 30.4 Å². The maximum Gasteiger partial charge on any atom is 0.356 e. The Morgan fingerprint density at radius 2 is 2.00 bits per heavy atom. The zero-order valence-corrected chi connectivity index (χ0v) is 17.3. The highest BCUT2D eigenvalue weighted by atomic mass is 35.5. The molecule has 2 heterocycles. The average molecular weight is 439 g/mol. The summed E-state index contributed by atoms with van der Waals surface area (Å²) in [6.45, 7) is 3.71. The lowest BCUT2D eigenvalue weighted by molar-refractivity contribution is -0.105. The number of aliphatic hydroxyl groups is 3. The van der Waals surface area contributed by atoms with Gasteiger partial charge in [-0.15, -0.1) is 0 Å². The molecule has 0 aliphatic carbocycles. The summed E-state index contributed by atoms with van der Waals surface area (Å²) < 4.78 is 24.1. The Hall–Kier alpha value is -1.17. The third-order valence-corrected chi connectivity index (χ3v) is 5.92. The van der Waals surface area contributed by atoms with Gasteiger partial charge in [0.25, 0.3) is 0 Å². The van der Waals surface area contributed by atoms with Gasteiger partial charge in [0.05, 0.1) is 25.1 Å². The third kappa shape index (κ3) is 5.46. The topological polar surface area (TPSA) is 160 Å². The van der Waals surface area contributed by atoms with Crippen molar-refractivity contribution in [1.29, 1.82) is 0 Å². The van der Waals surface area contributed by atoms with Gasteiger partial charge in [0.1, 0.15) is 17.9 Å². The molecule has 0 bridgehead atoms. The van der Waals surface area contributed by atoms with E-state index in [1.807, 2.05) is 0 Å². The predicted octanol–water partition coefficient (Wildman–Crippen LogP) is 1.06. The van der Waals surface area contributed by atoms with Crippen LogP contribution >= 0.6 is 19.2 Å². The van der Waals surface area contributed by atoms with E-state index < -0.39 is 38.0 Å². The summed E-state index contributed by atoms with van der Waals surface area (Å²) in [6, 6.07) is 0. The van der Waals surface area contributed by atoms with Crippen LogP contribution in [0.25, 0.3) is 11.2 Å². The van der Waals surface area contributed by atoms with Crippen LogP contribution in [0.15, 0.2) is 12.7 Å². The zero-order chi connectivity index (χ0) is 21.1. The largest absolute Gasteiger partial charge is 0.394 e. The van der Waals surface area contributed by atoms with E-state index in [9.17, 15) is 24.8 Å². The molecule has 0 amide bonds. The Labute approximate surface area is 166 Å². The van der Waals surface area contributed by atoms with Crippen molar-refractivity contribution in [3.05, 3.63) is 17.8 Å². The smallest absolute Gasteiger partial charge is 0.356 e. The highest BCUT2D eigenvalue weighted by Gasteiger charge is 2.35. The second kappa shape index (κ2) is 9.10. The van der Waals surface area contributed by atoms with Crippen LogP contribution in [0.5, 0.6) is 0 Å². The second-order valence-electron chi connectivity index (χ2n) is 6.80. The average Bonchev–Trinajstić information content (AvgIpc) is 3.02. The fourth-order valence-electron chi connectivity index (χ4n) is 2.38. The first-order valence-corrected chi connectivity index (χ1v) is 10.5. The molecule has 11 nitrogen and oxygen atoms in total. The summed E-state index contributed by atoms with van der Waals surface area (Å²) in [4.78, 5) is 21.7. The summed E-state index contributed by atoms with van der Waals surface area (Å²) in [6.07, 6.45) is 0.399. The SMILES string of the molecule is CC(O)P(=O)(O)OC(C)(C)CCOC([C@H](O)CO)n1cnc2c(Cl)ncnc21. The molecule has 0 spiro atoms. The Kier molecular flexibility index (Phi) is 7.51. The fraction of sp³-hybridized carbons (Fsp3) is 0.667. The molecule has 0 saturated heterocycles. The Bertz CT molecular complexity index is 847. The Morgan fingerprint density at radius 3 is 2.61 bits per heavy atom. The monoisotopic (exact) mass is 438 g/mol. The minimum Gasteiger partial charge on any atom is -0.394 e. The fourth-order valence-corrected chi connectivity index (χ4v) is 3.51. The molecule has 13 heteroatoms. The van der Waals surface area contributed by atoms with Crippen molar-refractivity contribution in [3.63, 3.8) is 0 Å². The van der Waals surface area contributed by atoms with Crippen molar-refractivity contribution in [2.24, 2.45) is 0 Å². The summed E-state index contributed by atoms with van der Waals surface area (Å²) in [5.74, 6) is -1.53. The number of rotatable bonds is 10. The van der Waals surface area contributed by atoms with Gasteiger partial charge in [0.2, 0.25) is 0 Å². The molecule has 2 aromatic rings. The maximum atomic E-state index is 11.9. The lowest BCUT2D eigenvalue weighted by Gasteiger charge is -2.30. The molecule has 28 heavy (non-hydrogen) atoms. The highest BCUT2D eigenvalue weighted by Crippen LogP contribution is 2.50. The molecule has 0 saturated carbocycles. The Morgan fingerprint density at radius 1 is 1.32 bits per heavy atom. The molecule has 0 aliphatic rings. The molecular formula is C15H24ClN4O7P. The van der Waals surface area contributed by atoms with Gasteiger partial charge in [-0.2, -0.15) is 0 Å². The first-order chi connectivity index (χ1) is 13.0. The first-order valence-electron chi connectivity index (χ1n) is 8.43. The van der Waals surface area contributed by atoms with Crippen LogP contribution in [0.4, 0.5) is 0 Å². The lowest BCUT2D eigenvalue weighted by Crippen LogP contribution is -2.32. The van der Waals surface area contributed by atoms with Crippen molar-refractivity contribution in [3.8, 4) is 0 Å². The van der Waals surface area contributed by atoms with Gasteiger partial charge in [-0.25, -0.2) is 15.0 Å². The van der Waals surface area contributed by atoms with E-state index in [0.29, 0.717) is 11.2 Å². The standard InChI is InChI=1S/C15H24ClN4O7P/c1-9(22)28(24,25)27-15(2,3)4-5-26-14(10(23)6-21)20-8-19-11-12(16)17-7-18-13(11)20/h7-10,14,21-23H,4-6H2,1-3H3,(H,24,25)/t9?,10-,14?/m1/s1. The molecule has 0 fully saturated rings. The predicted molar refractivity (Wildman–Crippen MR) is 99.7 cm³/mol. The third-order valence-electron chi connectivity index (χ3n) is 3.95. The van der Waals surface area contributed by atoms with E-state index >= 15 is 0 Å². The zero-order valence-electron chi connectivity index (χ0n) is 15.6. The molecule has 4 N–H and O–H groups in total. The number of hydrogen-bond donors (Lipinski definition) is 4. The summed E-state index contributed by atoms with van der Waals surface area (Å²) in [7, 11) is -4.20. The van der Waals surface area contributed by atoms with Crippen molar-refractivity contribution in [2.75, 3.05) is 13.2 Å². The van der Waals surface area contributed by atoms with Gasteiger partial charge in [-0.05, 0) is 27.2 Å². The van der Waals surface area contributed by atoms with Crippen molar-refractivity contribution in [1.82, 2.24) is 19.5 Å². The molecule has 0 radical (unpaired) electrons. The first kappa shape index (κ1) is 23.1. The highest BCUT2D eigenvalue weighted by molar-refractivity contribution is 7.53. The van der Waals surface area contributed by atoms with Crippen LogP contribution in [0.1, 0.15) is 33.4 Å². The van der Waals surface area contributed by atoms with E-state index in [0.717, 1.165) is 6.92 Å². The Balaban J connectivity index is 2.13. The quantitative estimate of drug-likeness (QED) is 0.312. The van der Waals surface area contributed by atoms with Gasteiger partial charge in [0.15, 0.2) is 22.9 Å². The number of aromatic nitrogens is 4. The van der Waals surface area contributed by atoms with E-state index in [4.69, 9.17) is 20.9 Å². The van der Waals surface area contributed by atoms with Gasteiger partial charge in [0, 0.05) is 0 Å². The van der Waals surface area contributed by atoms with Gasteiger partial charge in [-0.1, -0.05) is 11.6 Å². The van der Waals surface area contributed by atoms with Crippen LogP contribution in [-0.4, -0.2) is 70.5 Å². The van der Waals surface area contributed by atoms with Crippen LogP contribution in [0.3, 0.4) is 0 Å². The van der Waals surface area contributed by atoms with E-state index in [-0.39, 0.29) is 18.2 Å². The number of imidazole rings is 1. The maximum absolute atomic E-state index is 11.9. The summed E-state index contributed by atoms with van der Waals surface area (Å²) >= 11 is 5.97. The van der Waals surface area contributed by atoms with Gasteiger partial charge >= 0.3 is 7.60 Å². The number of halogens is 1.